The second-order valence-corrected chi connectivity index (χ2v) is 6.79. The number of aliphatic imine (C=N–C) groups is 1. The quantitative estimate of drug-likeness (QED) is 0.261. The maximum Gasteiger partial charge on any atom is 0.188 e. The number of fused-ring (bicyclic) bond motifs is 1. The number of pyridine rings is 1. The SMILES string of the molecule is CC(C)CCCC(C)NC(N)=NCCCc1nnc2ccccn12.I. The number of aryl methyl sites for hydroxylation is 1. The first-order valence-electron chi connectivity index (χ1n) is 8.91. The fourth-order valence-corrected chi connectivity index (χ4v) is 2.70. The highest BCUT2D eigenvalue weighted by Crippen LogP contribution is 2.08. The molecule has 0 spiro atoms. The minimum absolute atomic E-state index is 0. The Kier molecular flexibility index (Phi) is 9.77. The van der Waals surface area contributed by atoms with Crippen molar-refractivity contribution in [1.82, 2.24) is 19.9 Å². The molecule has 0 bridgehead atoms. The van der Waals surface area contributed by atoms with Gasteiger partial charge < -0.3 is 11.1 Å². The first kappa shape index (κ1) is 21.7. The number of nitrogens with two attached hydrogens (primary N) is 1. The second kappa shape index (κ2) is 11.3. The molecule has 2 heterocycles. The first-order chi connectivity index (χ1) is 11.6. The maximum absolute atomic E-state index is 5.96. The van der Waals surface area contributed by atoms with Crippen molar-refractivity contribution in [3.05, 3.63) is 30.2 Å². The lowest BCUT2D eigenvalue weighted by Gasteiger charge is -2.15. The summed E-state index contributed by atoms with van der Waals surface area (Å²) in [5, 5.41) is 11.7. The van der Waals surface area contributed by atoms with Crippen molar-refractivity contribution in [3.63, 3.8) is 0 Å². The molecular formula is C18H31IN6. The van der Waals surface area contributed by atoms with Gasteiger partial charge in [0.1, 0.15) is 5.82 Å². The van der Waals surface area contributed by atoms with Gasteiger partial charge >= 0.3 is 0 Å². The Morgan fingerprint density at radius 1 is 1.20 bits per heavy atom. The molecule has 0 amide bonds. The average molecular weight is 458 g/mol. The number of aromatic nitrogens is 3. The van der Waals surface area contributed by atoms with E-state index in [1.807, 2.05) is 28.8 Å². The molecule has 0 saturated heterocycles. The molecule has 2 aromatic rings. The van der Waals surface area contributed by atoms with Gasteiger partial charge in [0, 0.05) is 25.2 Å². The van der Waals surface area contributed by atoms with Crippen molar-refractivity contribution in [1.29, 1.82) is 0 Å². The minimum atomic E-state index is 0. The van der Waals surface area contributed by atoms with E-state index in [2.05, 4.69) is 41.3 Å². The fourth-order valence-electron chi connectivity index (χ4n) is 2.70. The van der Waals surface area contributed by atoms with Gasteiger partial charge in [-0.15, -0.1) is 34.2 Å². The third kappa shape index (κ3) is 7.58. The first-order valence-corrected chi connectivity index (χ1v) is 8.91. The molecule has 0 aliphatic carbocycles. The van der Waals surface area contributed by atoms with Crippen LogP contribution in [0.15, 0.2) is 29.4 Å². The van der Waals surface area contributed by atoms with Gasteiger partial charge in [0.05, 0.1) is 0 Å². The van der Waals surface area contributed by atoms with Crippen LogP contribution in [0.2, 0.25) is 0 Å². The smallest absolute Gasteiger partial charge is 0.188 e. The summed E-state index contributed by atoms with van der Waals surface area (Å²) in [7, 11) is 0. The van der Waals surface area contributed by atoms with E-state index in [4.69, 9.17) is 5.73 Å². The zero-order chi connectivity index (χ0) is 17.4. The fraction of sp³-hybridized carbons (Fsp3) is 0.611. The van der Waals surface area contributed by atoms with E-state index < -0.39 is 0 Å². The van der Waals surface area contributed by atoms with E-state index in [1.54, 1.807) is 0 Å². The molecule has 0 radical (unpaired) electrons. The van der Waals surface area contributed by atoms with Crippen LogP contribution in [-0.2, 0) is 6.42 Å². The molecule has 1 unspecified atom stereocenters. The molecule has 6 nitrogen and oxygen atoms in total. The van der Waals surface area contributed by atoms with Gasteiger partial charge in [0.15, 0.2) is 11.6 Å². The van der Waals surface area contributed by atoms with Crippen molar-refractivity contribution < 1.29 is 0 Å². The van der Waals surface area contributed by atoms with Gasteiger partial charge in [0.25, 0.3) is 0 Å². The highest BCUT2D eigenvalue weighted by molar-refractivity contribution is 14.0. The Hall–Kier alpha value is -1.38. The van der Waals surface area contributed by atoms with Crippen molar-refractivity contribution >= 4 is 35.6 Å². The van der Waals surface area contributed by atoms with Crippen LogP contribution in [0.5, 0.6) is 0 Å². The lowest BCUT2D eigenvalue weighted by molar-refractivity contribution is 0.493. The molecule has 7 heteroatoms. The predicted molar refractivity (Wildman–Crippen MR) is 114 cm³/mol. The molecule has 140 valence electrons. The van der Waals surface area contributed by atoms with Crippen LogP contribution in [0, 0.1) is 5.92 Å². The van der Waals surface area contributed by atoms with Gasteiger partial charge in [-0.1, -0.05) is 32.8 Å². The summed E-state index contributed by atoms with van der Waals surface area (Å²) in [5.41, 5.74) is 6.84. The molecule has 0 aliphatic heterocycles. The summed E-state index contributed by atoms with van der Waals surface area (Å²) in [6, 6.07) is 6.28. The third-order valence-corrected chi connectivity index (χ3v) is 4.04. The Balaban J connectivity index is 0.00000312. The number of rotatable bonds is 9. The predicted octanol–water partition coefficient (Wildman–Crippen LogP) is 3.40. The van der Waals surface area contributed by atoms with Crippen LogP contribution < -0.4 is 11.1 Å². The zero-order valence-electron chi connectivity index (χ0n) is 15.5. The number of nitrogens with one attached hydrogen (secondary N) is 1. The standard InChI is InChI=1S/C18H30N6.HI/c1-14(2)8-6-9-15(3)21-18(19)20-12-7-11-17-23-22-16-10-4-5-13-24(16)17;/h4-5,10,13-15H,6-9,11-12H2,1-3H3,(H3,19,20,21);1H. The molecule has 0 aromatic carbocycles. The summed E-state index contributed by atoms with van der Waals surface area (Å²) in [4.78, 5) is 4.41. The van der Waals surface area contributed by atoms with E-state index in [0.29, 0.717) is 18.5 Å². The highest BCUT2D eigenvalue weighted by atomic mass is 127. The van der Waals surface area contributed by atoms with E-state index in [1.165, 1.54) is 12.8 Å². The minimum Gasteiger partial charge on any atom is -0.370 e. The maximum atomic E-state index is 5.96. The number of nitrogens with zero attached hydrogens (tertiary/aromatic N) is 4. The molecule has 25 heavy (non-hydrogen) atoms. The number of hydrogen-bond donors (Lipinski definition) is 2. The Labute approximate surface area is 167 Å². The van der Waals surface area contributed by atoms with Gasteiger partial charge in [-0.05, 0) is 37.8 Å². The van der Waals surface area contributed by atoms with Crippen LogP contribution in [0.25, 0.3) is 5.65 Å². The van der Waals surface area contributed by atoms with Crippen LogP contribution in [0.1, 0.15) is 52.3 Å². The number of guanidine groups is 1. The summed E-state index contributed by atoms with van der Waals surface area (Å²) in [5.74, 6) is 2.27. The van der Waals surface area contributed by atoms with Crippen molar-refractivity contribution in [2.75, 3.05) is 6.54 Å². The van der Waals surface area contributed by atoms with Crippen LogP contribution in [-0.4, -0.2) is 33.1 Å². The number of halogens is 1. The van der Waals surface area contributed by atoms with E-state index in [9.17, 15) is 0 Å². The van der Waals surface area contributed by atoms with Gasteiger partial charge in [-0.25, -0.2) is 0 Å². The van der Waals surface area contributed by atoms with E-state index in [-0.39, 0.29) is 24.0 Å². The Morgan fingerprint density at radius 2 is 2.00 bits per heavy atom. The summed E-state index contributed by atoms with van der Waals surface area (Å²) < 4.78 is 2.02. The van der Waals surface area contributed by atoms with Crippen LogP contribution >= 0.6 is 24.0 Å². The van der Waals surface area contributed by atoms with E-state index >= 15 is 0 Å². The highest BCUT2D eigenvalue weighted by Gasteiger charge is 2.05. The van der Waals surface area contributed by atoms with Crippen molar-refractivity contribution in [2.45, 2.75) is 58.9 Å². The molecule has 2 aromatic heterocycles. The Bertz CT molecular complexity index is 652. The van der Waals surface area contributed by atoms with Crippen LogP contribution in [0.4, 0.5) is 0 Å². The Morgan fingerprint density at radius 3 is 2.76 bits per heavy atom. The van der Waals surface area contributed by atoms with Crippen LogP contribution in [0.3, 0.4) is 0 Å². The van der Waals surface area contributed by atoms with E-state index in [0.717, 1.165) is 36.7 Å². The normalized spacial score (nSPS) is 13.0. The third-order valence-electron chi connectivity index (χ3n) is 4.04. The lowest BCUT2D eigenvalue weighted by atomic mass is 10.0. The molecule has 0 aliphatic rings. The lowest BCUT2D eigenvalue weighted by Crippen LogP contribution is -2.38. The molecule has 3 N–H and O–H groups in total. The topological polar surface area (TPSA) is 80.6 Å². The molecular weight excluding hydrogens is 427 g/mol. The molecule has 0 saturated carbocycles. The van der Waals surface area contributed by atoms with Gasteiger partial charge in [-0.3, -0.25) is 9.39 Å². The number of hydrogen-bond acceptors (Lipinski definition) is 3. The van der Waals surface area contributed by atoms with Crippen molar-refractivity contribution in [3.8, 4) is 0 Å². The average Bonchev–Trinajstić information content (AvgIpc) is 2.94. The largest absolute Gasteiger partial charge is 0.370 e. The van der Waals surface area contributed by atoms with Crippen molar-refractivity contribution in [2.24, 2.45) is 16.6 Å². The molecule has 2 rings (SSSR count). The summed E-state index contributed by atoms with van der Waals surface area (Å²) in [6.07, 6.45) is 7.34. The molecule has 1 atom stereocenters. The molecule has 0 fully saturated rings. The zero-order valence-corrected chi connectivity index (χ0v) is 17.8. The van der Waals surface area contributed by atoms with Gasteiger partial charge in [0.2, 0.25) is 0 Å². The monoisotopic (exact) mass is 458 g/mol. The van der Waals surface area contributed by atoms with Gasteiger partial charge in [-0.2, -0.15) is 0 Å². The summed E-state index contributed by atoms with van der Waals surface area (Å²) in [6.45, 7) is 7.36. The second-order valence-electron chi connectivity index (χ2n) is 6.79. The summed E-state index contributed by atoms with van der Waals surface area (Å²) >= 11 is 0.